The van der Waals surface area contributed by atoms with E-state index < -0.39 is 0 Å². The maximum absolute atomic E-state index is 9.45. The molecule has 7 heteroatoms. The summed E-state index contributed by atoms with van der Waals surface area (Å²) in [6.07, 6.45) is 3.28. The van der Waals surface area contributed by atoms with Crippen molar-refractivity contribution in [1.29, 1.82) is 10.5 Å². The van der Waals surface area contributed by atoms with Gasteiger partial charge in [-0.15, -0.1) is 0 Å². The third kappa shape index (κ3) is 5.14. The minimum absolute atomic E-state index is 0.353. The number of hydrogen-bond donors (Lipinski definition) is 0. The lowest BCUT2D eigenvalue weighted by molar-refractivity contribution is 1.18. The molecule has 9 rings (SSSR count). The summed E-state index contributed by atoms with van der Waals surface area (Å²) in [5.41, 5.74) is 10.8. The van der Waals surface area contributed by atoms with Gasteiger partial charge in [0.2, 0.25) is 0 Å². The van der Waals surface area contributed by atoms with Gasteiger partial charge in [0.15, 0.2) is 0 Å². The monoisotopic (exact) mass is 651 g/mol. The molecule has 0 N–H and O–H groups in total. The van der Waals surface area contributed by atoms with E-state index in [2.05, 4.69) is 99.5 Å². The van der Waals surface area contributed by atoms with Crippen LogP contribution in [0.2, 0.25) is 0 Å². The third-order valence-corrected chi connectivity index (χ3v) is 9.20. The molecule has 236 valence electrons. The topological polar surface area (TPSA) is 104 Å². The first kappa shape index (κ1) is 29.6. The first-order valence-electron chi connectivity index (χ1n) is 16.4. The van der Waals surface area contributed by atoms with Crippen LogP contribution in [0.15, 0.2) is 152 Å². The number of pyridine rings is 4. The molecule has 0 fully saturated rings. The molecule has 0 atom stereocenters. The van der Waals surface area contributed by atoms with Crippen LogP contribution in [-0.4, -0.2) is 24.5 Å². The Bertz CT molecular complexity index is 2890. The smallest absolute Gasteiger partial charge is 0.141 e. The molecule has 7 nitrogen and oxygen atoms in total. The zero-order chi connectivity index (χ0) is 34.3. The van der Waals surface area contributed by atoms with Crippen molar-refractivity contribution in [3.63, 3.8) is 0 Å². The second-order valence-corrected chi connectivity index (χ2v) is 12.2. The summed E-state index contributed by atoms with van der Waals surface area (Å²) in [5, 5.41) is 23.4. The molecule has 4 aromatic carbocycles. The summed E-state index contributed by atoms with van der Waals surface area (Å²) in [4.78, 5) is 18.4. The Morgan fingerprint density at radius 3 is 1.67 bits per heavy atom. The molecule has 0 unspecified atom stereocenters. The summed E-state index contributed by atoms with van der Waals surface area (Å²) in [7, 11) is 0. The molecule has 5 aromatic heterocycles. The number of aromatic nitrogens is 5. The molecular weight excluding hydrogens is 627 g/mol. The fourth-order valence-electron chi connectivity index (χ4n) is 6.91. The fourth-order valence-corrected chi connectivity index (χ4v) is 6.91. The van der Waals surface area contributed by atoms with Crippen LogP contribution >= 0.6 is 0 Å². The van der Waals surface area contributed by atoms with Gasteiger partial charge in [-0.05, 0) is 83.6 Å². The molecule has 5 heterocycles. The number of hydrogen-bond acceptors (Lipinski definition) is 6. The van der Waals surface area contributed by atoms with Crippen molar-refractivity contribution in [2.24, 2.45) is 0 Å². The standard InChI is InChI=1S/C44H25N7/c45-26-31-22-29(18-20-47-31)39-13-6-12-38(49-39)28-16-17-36-42(24-28)51(33-8-2-1-3-9-33)43-25-37(34-10-4-5-11-35(34)44(36)43)41-15-7-14-40(50-41)30-19-21-48-32(23-30)27-46/h1-25H. The normalized spacial score (nSPS) is 11.1. The van der Waals surface area contributed by atoms with Gasteiger partial charge in [0.05, 0.1) is 33.8 Å². The van der Waals surface area contributed by atoms with Crippen molar-refractivity contribution in [2.75, 3.05) is 0 Å². The van der Waals surface area contributed by atoms with E-state index in [0.29, 0.717) is 11.4 Å². The molecule has 9 aromatic rings. The highest BCUT2D eigenvalue weighted by Gasteiger charge is 2.20. The van der Waals surface area contributed by atoms with E-state index in [4.69, 9.17) is 9.97 Å². The maximum Gasteiger partial charge on any atom is 0.141 e. The van der Waals surface area contributed by atoms with E-state index in [1.807, 2.05) is 54.6 Å². The highest BCUT2D eigenvalue weighted by Crippen LogP contribution is 2.42. The zero-order valence-corrected chi connectivity index (χ0v) is 27.1. The van der Waals surface area contributed by atoms with Crippen LogP contribution in [0.25, 0.3) is 83.3 Å². The Labute approximate surface area is 293 Å². The van der Waals surface area contributed by atoms with Crippen molar-refractivity contribution >= 4 is 32.6 Å². The van der Waals surface area contributed by atoms with Crippen molar-refractivity contribution in [1.82, 2.24) is 24.5 Å². The molecule has 0 saturated carbocycles. The minimum Gasteiger partial charge on any atom is -0.309 e. The lowest BCUT2D eigenvalue weighted by atomic mass is 9.96. The lowest BCUT2D eigenvalue weighted by Crippen LogP contribution is -1.95. The number of rotatable bonds is 5. The van der Waals surface area contributed by atoms with Gasteiger partial charge in [-0.2, -0.15) is 10.5 Å². The van der Waals surface area contributed by atoms with E-state index >= 15 is 0 Å². The first-order valence-corrected chi connectivity index (χ1v) is 16.4. The SMILES string of the molecule is N#Cc1cc(-c2cccc(-c3ccc4c5c6ccccc6c(-c6cccc(-c7ccnc(C#N)c7)n6)cc5n(-c5ccccc5)c4c3)n2)ccn1. The van der Waals surface area contributed by atoms with Gasteiger partial charge in [-0.3, -0.25) is 0 Å². The molecule has 0 radical (unpaired) electrons. The molecule has 0 aliphatic heterocycles. The van der Waals surface area contributed by atoms with Crippen molar-refractivity contribution < 1.29 is 0 Å². The van der Waals surface area contributed by atoms with Crippen LogP contribution < -0.4 is 0 Å². The van der Waals surface area contributed by atoms with Crippen LogP contribution in [-0.2, 0) is 0 Å². The fraction of sp³-hybridized carbons (Fsp3) is 0. The van der Waals surface area contributed by atoms with Crippen LogP contribution in [0, 0.1) is 22.7 Å². The molecule has 0 aliphatic carbocycles. The number of nitrogens with zero attached hydrogens (tertiary/aromatic N) is 7. The van der Waals surface area contributed by atoms with Crippen molar-refractivity contribution in [3.05, 3.63) is 163 Å². The van der Waals surface area contributed by atoms with E-state index in [-0.39, 0.29) is 0 Å². The molecular formula is C44H25N7. The summed E-state index contributed by atoms with van der Waals surface area (Å²) >= 11 is 0. The Balaban J connectivity index is 1.28. The van der Waals surface area contributed by atoms with Gasteiger partial charge in [-0.25, -0.2) is 19.9 Å². The molecule has 0 saturated heterocycles. The number of para-hydroxylation sites is 1. The second-order valence-electron chi connectivity index (χ2n) is 12.2. The van der Waals surface area contributed by atoms with Crippen LogP contribution in [0.3, 0.4) is 0 Å². The van der Waals surface area contributed by atoms with Gasteiger partial charge in [0.25, 0.3) is 0 Å². The predicted molar refractivity (Wildman–Crippen MR) is 201 cm³/mol. The third-order valence-electron chi connectivity index (χ3n) is 9.20. The summed E-state index contributed by atoms with van der Waals surface area (Å²) in [6, 6.07) is 51.2. The minimum atomic E-state index is 0.353. The van der Waals surface area contributed by atoms with Crippen LogP contribution in [0.5, 0.6) is 0 Å². The van der Waals surface area contributed by atoms with E-state index in [1.165, 1.54) is 0 Å². The largest absolute Gasteiger partial charge is 0.309 e. The van der Waals surface area contributed by atoms with Gasteiger partial charge >= 0.3 is 0 Å². The van der Waals surface area contributed by atoms with Gasteiger partial charge in [-0.1, -0.05) is 66.7 Å². The molecule has 0 aliphatic rings. The van der Waals surface area contributed by atoms with E-state index in [9.17, 15) is 10.5 Å². The summed E-state index contributed by atoms with van der Waals surface area (Å²) < 4.78 is 2.32. The van der Waals surface area contributed by atoms with E-state index in [0.717, 1.165) is 83.3 Å². The quantitative estimate of drug-likeness (QED) is 0.183. The lowest BCUT2D eigenvalue weighted by Gasteiger charge is -2.12. The van der Waals surface area contributed by atoms with Crippen LogP contribution in [0.4, 0.5) is 0 Å². The van der Waals surface area contributed by atoms with E-state index in [1.54, 1.807) is 24.5 Å². The summed E-state index contributed by atoms with van der Waals surface area (Å²) in [6.45, 7) is 0. The van der Waals surface area contributed by atoms with Gasteiger partial charge in [0.1, 0.15) is 23.5 Å². The zero-order valence-electron chi connectivity index (χ0n) is 27.1. The molecule has 0 spiro atoms. The average molecular weight is 652 g/mol. The molecule has 0 bridgehead atoms. The maximum atomic E-state index is 9.45. The number of nitriles is 2. The van der Waals surface area contributed by atoms with Crippen LogP contribution in [0.1, 0.15) is 11.4 Å². The Hall–Kier alpha value is -7.48. The number of benzene rings is 4. The second kappa shape index (κ2) is 12.2. The Morgan fingerprint density at radius 2 is 1.02 bits per heavy atom. The predicted octanol–water partition coefficient (Wildman–Crippen LogP) is 9.93. The Kier molecular flexibility index (Phi) is 7.09. The van der Waals surface area contributed by atoms with Crippen molar-refractivity contribution in [2.45, 2.75) is 0 Å². The molecule has 0 amide bonds. The van der Waals surface area contributed by atoms with Gasteiger partial charge < -0.3 is 4.57 Å². The van der Waals surface area contributed by atoms with Gasteiger partial charge in [0, 0.05) is 51.1 Å². The first-order chi connectivity index (χ1) is 25.2. The average Bonchev–Trinajstić information content (AvgIpc) is 3.54. The molecule has 51 heavy (non-hydrogen) atoms. The van der Waals surface area contributed by atoms with Crippen molar-refractivity contribution in [3.8, 4) is 62.9 Å². The summed E-state index contributed by atoms with van der Waals surface area (Å²) in [5.74, 6) is 0. The number of fused-ring (bicyclic) bond motifs is 5. The highest BCUT2D eigenvalue weighted by atomic mass is 15.0. The Morgan fingerprint density at radius 1 is 0.451 bits per heavy atom. The highest BCUT2D eigenvalue weighted by molar-refractivity contribution is 6.24.